The van der Waals surface area contributed by atoms with Crippen molar-refractivity contribution >= 4 is 22.6 Å². The molecule has 0 spiro atoms. The number of nitrogens with zero attached hydrogens (tertiary/aromatic N) is 5. The molecule has 0 aromatic carbocycles. The second kappa shape index (κ2) is 8.87. The molecule has 3 aromatic rings. The van der Waals surface area contributed by atoms with Crippen LogP contribution in [0.5, 0.6) is 5.88 Å². The van der Waals surface area contributed by atoms with Crippen molar-refractivity contribution in [3.63, 3.8) is 0 Å². The minimum Gasteiger partial charge on any atom is -0.474 e. The van der Waals surface area contributed by atoms with Crippen molar-refractivity contribution in [1.29, 1.82) is 0 Å². The number of anilines is 1. The fourth-order valence-corrected chi connectivity index (χ4v) is 4.80. The molecular weight excluding hydrogens is 420 g/mol. The average molecular weight is 449 g/mol. The van der Waals surface area contributed by atoms with E-state index in [0.717, 1.165) is 61.1 Å². The molecule has 172 valence electrons. The van der Waals surface area contributed by atoms with Gasteiger partial charge < -0.3 is 18.9 Å². The van der Waals surface area contributed by atoms with Gasteiger partial charge in [0, 0.05) is 49.4 Å². The molecule has 1 aliphatic carbocycles. The number of amidine groups is 1. The average Bonchev–Trinajstić information content (AvgIpc) is 3.60. The lowest BCUT2D eigenvalue weighted by molar-refractivity contribution is 0.121. The number of hydrazine groups is 2. The highest BCUT2D eigenvalue weighted by molar-refractivity contribution is 6.02. The third-order valence-corrected chi connectivity index (χ3v) is 6.62. The van der Waals surface area contributed by atoms with E-state index >= 15 is 0 Å². The minimum atomic E-state index is 0.140. The van der Waals surface area contributed by atoms with Crippen LogP contribution in [0.3, 0.4) is 0 Å². The molecule has 0 bridgehead atoms. The van der Waals surface area contributed by atoms with Gasteiger partial charge in [0.2, 0.25) is 5.88 Å². The summed E-state index contributed by atoms with van der Waals surface area (Å²) in [5.74, 6) is 2.22. The maximum absolute atomic E-state index is 6.57. The lowest BCUT2D eigenvalue weighted by Crippen LogP contribution is -2.37. The Morgan fingerprint density at radius 1 is 1.03 bits per heavy atom. The van der Waals surface area contributed by atoms with Gasteiger partial charge in [0.15, 0.2) is 5.84 Å². The number of hydrazone groups is 1. The highest BCUT2D eigenvalue weighted by Crippen LogP contribution is 2.34. The Morgan fingerprint density at radius 2 is 1.85 bits per heavy atom. The van der Waals surface area contributed by atoms with E-state index in [-0.39, 0.29) is 6.10 Å². The van der Waals surface area contributed by atoms with Gasteiger partial charge in [-0.05, 0) is 43.9 Å². The Balaban J connectivity index is 1.29. The van der Waals surface area contributed by atoms with E-state index in [1.807, 2.05) is 18.3 Å². The van der Waals surface area contributed by atoms with Crippen molar-refractivity contribution in [2.45, 2.75) is 37.8 Å². The van der Waals surface area contributed by atoms with Crippen molar-refractivity contribution in [3.05, 3.63) is 48.4 Å². The van der Waals surface area contributed by atoms with Crippen LogP contribution in [0.1, 0.15) is 37.3 Å². The number of hydrogen-bond acceptors (Lipinski definition) is 9. The maximum Gasteiger partial charge on any atom is 0.225 e. The number of fused-ring (bicyclic) bond motifs is 1. The SMILES string of the molecule is c1ccn([C@H]2CC[C@@H](Oc3nc(N4CCOCC4)cc4ncc(C5=NNNN5)cc34)CC2)c1. The van der Waals surface area contributed by atoms with Crippen LogP contribution in [0.15, 0.2) is 48.0 Å². The smallest absolute Gasteiger partial charge is 0.225 e. The van der Waals surface area contributed by atoms with Crippen LogP contribution < -0.4 is 26.1 Å². The highest BCUT2D eigenvalue weighted by Gasteiger charge is 2.25. The topological polar surface area (TPSA) is 101 Å². The first-order valence-electron chi connectivity index (χ1n) is 11.6. The predicted octanol–water partition coefficient (Wildman–Crippen LogP) is 2.10. The number of pyridine rings is 2. The van der Waals surface area contributed by atoms with Crippen LogP contribution >= 0.6 is 0 Å². The fourth-order valence-electron chi connectivity index (χ4n) is 4.80. The lowest BCUT2D eigenvalue weighted by atomic mass is 9.93. The molecule has 3 N–H and O–H groups in total. The van der Waals surface area contributed by atoms with E-state index < -0.39 is 0 Å². The third kappa shape index (κ3) is 4.19. The zero-order valence-electron chi connectivity index (χ0n) is 18.4. The Bertz CT molecular complexity index is 1130. The minimum absolute atomic E-state index is 0.140. The van der Waals surface area contributed by atoms with Gasteiger partial charge in [0.25, 0.3) is 0 Å². The van der Waals surface area contributed by atoms with E-state index in [0.29, 0.717) is 31.0 Å². The van der Waals surface area contributed by atoms with Crippen LogP contribution in [0.2, 0.25) is 0 Å². The standard InChI is InChI=1S/C23H28N8O2/c1-2-8-30(7-1)17-3-5-18(6-4-17)33-23-19-13-16(22-26-28-29-27-22)15-24-20(19)14-21(25-23)31-9-11-32-12-10-31/h1-2,7-8,13-15,17-18,28-29H,3-6,9-12H2,(H,26,27)/t17-,18+. The van der Waals surface area contributed by atoms with E-state index in [2.05, 4.69) is 55.6 Å². The van der Waals surface area contributed by atoms with Gasteiger partial charge in [0.1, 0.15) is 11.9 Å². The summed E-state index contributed by atoms with van der Waals surface area (Å²) in [7, 11) is 0. The van der Waals surface area contributed by atoms with Crippen molar-refractivity contribution < 1.29 is 9.47 Å². The number of aromatic nitrogens is 3. The Morgan fingerprint density at radius 3 is 2.61 bits per heavy atom. The van der Waals surface area contributed by atoms with E-state index in [9.17, 15) is 0 Å². The molecule has 0 atom stereocenters. The van der Waals surface area contributed by atoms with Gasteiger partial charge in [-0.3, -0.25) is 10.4 Å². The van der Waals surface area contributed by atoms with Crippen molar-refractivity contribution in [2.75, 3.05) is 31.2 Å². The lowest BCUT2D eigenvalue weighted by Gasteiger charge is -2.31. The van der Waals surface area contributed by atoms with Gasteiger partial charge in [-0.15, -0.1) is 10.6 Å². The summed E-state index contributed by atoms with van der Waals surface area (Å²) in [6.45, 7) is 3.04. The Hall–Kier alpha value is -3.37. The third-order valence-electron chi connectivity index (χ3n) is 6.62. The van der Waals surface area contributed by atoms with Crippen LogP contribution in [0.25, 0.3) is 10.9 Å². The second-order valence-electron chi connectivity index (χ2n) is 8.68. The summed E-state index contributed by atoms with van der Waals surface area (Å²) in [6, 6.07) is 8.81. The predicted molar refractivity (Wildman–Crippen MR) is 125 cm³/mol. The number of hydrogen-bond donors (Lipinski definition) is 3. The van der Waals surface area contributed by atoms with Gasteiger partial charge in [-0.2, -0.15) is 4.98 Å². The van der Waals surface area contributed by atoms with Crippen molar-refractivity contribution in [3.8, 4) is 5.88 Å². The fraction of sp³-hybridized carbons (Fsp3) is 0.435. The molecule has 3 aromatic heterocycles. The van der Waals surface area contributed by atoms with Gasteiger partial charge in [-0.25, -0.2) is 5.53 Å². The summed E-state index contributed by atoms with van der Waals surface area (Å²) in [5.41, 5.74) is 10.2. The first-order chi connectivity index (χ1) is 16.3. The largest absolute Gasteiger partial charge is 0.474 e. The number of nitrogens with one attached hydrogen (secondary N) is 3. The first kappa shape index (κ1) is 20.3. The molecule has 0 amide bonds. The van der Waals surface area contributed by atoms with Gasteiger partial charge >= 0.3 is 0 Å². The monoisotopic (exact) mass is 448 g/mol. The second-order valence-corrected chi connectivity index (χ2v) is 8.68. The molecule has 5 heterocycles. The molecule has 33 heavy (non-hydrogen) atoms. The van der Waals surface area contributed by atoms with Crippen molar-refractivity contribution in [2.24, 2.45) is 5.10 Å². The molecule has 2 aliphatic heterocycles. The summed E-state index contributed by atoms with van der Waals surface area (Å²) < 4.78 is 14.4. The first-order valence-corrected chi connectivity index (χ1v) is 11.6. The van der Waals surface area contributed by atoms with Crippen LogP contribution in [0, 0.1) is 0 Å². The van der Waals surface area contributed by atoms with Crippen LogP contribution in [-0.2, 0) is 4.74 Å². The quantitative estimate of drug-likeness (QED) is 0.546. The van der Waals surface area contributed by atoms with Gasteiger partial charge in [0.05, 0.1) is 24.1 Å². The molecule has 1 saturated heterocycles. The molecule has 0 radical (unpaired) electrons. The molecule has 10 heteroatoms. The maximum atomic E-state index is 6.57. The van der Waals surface area contributed by atoms with E-state index in [1.165, 1.54) is 0 Å². The highest BCUT2D eigenvalue weighted by atomic mass is 16.5. The number of ether oxygens (including phenoxy) is 2. The summed E-state index contributed by atoms with van der Waals surface area (Å²) in [5, 5.41) is 5.10. The van der Waals surface area contributed by atoms with E-state index in [4.69, 9.17) is 19.4 Å². The normalized spacial score (nSPS) is 23.2. The van der Waals surface area contributed by atoms with Crippen molar-refractivity contribution in [1.82, 2.24) is 31.0 Å². The Labute approximate surface area is 191 Å². The molecule has 10 nitrogen and oxygen atoms in total. The summed E-state index contributed by atoms with van der Waals surface area (Å²) in [6.07, 6.45) is 10.5. The molecule has 0 unspecified atom stereocenters. The number of morpholine rings is 1. The molecule has 2 fully saturated rings. The van der Waals surface area contributed by atoms with Crippen LogP contribution in [0.4, 0.5) is 5.82 Å². The van der Waals surface area contributed by atoms with E-state index in [1.54, 1.807) is 0 Å². The summed E-state index contributed by atoms with van der Waals surface area (Å²) >= 11 is 0. The zero-order chi connectivity index (χ0) is 22.0. The van der Waals surface area contributed by atoms with Crippen LogP contribution in [-0.4, -0.2) is 52.8 Å². The molecule has 3 aliphatic rings. The summed E-state index contributed by atoms with van der Waals surface area (Å²) in [4.78, 5) is 11.9. The molecular formula is C23H28N8O2. The number of rotatable bonds is 5. The zero-order valence-corrected chi connectivity index (χ0v) is 18.4. The Kier molecular flexibility index (Phi) is 5.45. The molecule has 6 rings (SSSR count). The molecule has 1 saturated carbocycles. The van der Waals surface area contributed by atoms with Gasteiger partial charge in [-0.1, -0.05) is 0 Å².